The number of nitrogens with zero attached hydrogens (tertiary/aromatic N) is 4. The standard InChI is InChI=1S/C17H17N5O2/c18-17(7-2-8-17)16-20-15(24-22-16)12-4-1-3-11(9-12)13-19-14(23-21-13)10-5-6-10/h1,3-4,9-10H,2,5-8,18H2. The molecule has 2 saturated carbocycles. The van der Waals surface area contributed by atoms with Gasteiger partial charge in [0.15, 0.2) is 5.82 Å². The van der Waals surface area contributed by atoms with E-state index in [9.17, 15) is 0 Å². The number of aromatic nitrogens is 4. The summed E-state index contributed by atoms with van der Waals surface area (Å²) in [5.74, 6) is 2.81. The van der Waals surface area contributed by atoms with Crippen molar-refractivity contribution in [3.8, 4) is 22.8 Å². The molecule has 2 fully saturated rings. The highest BCUT2D eigenvalue weighted by Crippen LogP contribution is 2.40. The van der Waals surface area contributed by atoms with Crippen LogP contribution < -0.4 is 5.73 Å². The fourth-order valence-electron chi connectivity index (χ4n) is 2.96. The highest BCUT2D eigenvalue weighted by Gasteiger charge is 2.39. The lowest BCUT2D eigenvalue weighted by molar-refractivity contribution is 0.229. The monoisotopic (exact) mass is 323 g/mol. The molecule has 2 aliphatic rings. The Balaban J connectivity index is 1.46. The molecule has 0 unspecified atom stereocenters. The maximum Gasteiger partial charge on any atom is 0.258 e. The number of hydrogen-bond donors (Lipinski definition) is 1. The third-order valence-electron chi connectivity index (χ3n) is 4.85. The summed E-state index contributed by atoms with van der Waals surface area (Å²) in [5, 5.41) is 8.14. The van der Waals surface area contributed by atoms with Gasteiger partial charge >= 0.3 is 0 Å². The summed E-state index contributed by atoms with van der Waals surface area (Å²) in [7, 11) is 0. The zero-order valence-corrected chi connectivity index (χ0v) is 13.1. The van der Waals surface area contributed by atoms with Gasteiger partial charge in [0.05, 0.1) is 5.54 Å². The van der Waals surface area contributed by atoms with E-state index in [0.717, 1.165) is 49.1 Å². The molecule has 3 aromatic rings. The average Bonchev–Trinajstić information content (AvgIpc) is 3.12. The summed E-state index contributed by atoms with van der Waals surface area (Å²) < 4.78 is 10.7. The summed E-state index contributed by atoms with van der Waals surface area (Å²) in [6.45, 7) is 0. The summed E-state index contributed by atoms with van der Waals surface area (Å²) in [4.78, 5) is 8.97. The number of rotatable bonds is 4. The van der Waals surface area contributed by atoms with Crippen LogP contribution in [0.15, 0.2) is 33.3 Å². The Morgan fingerprint density at radius 1 is 1.04 bits per heavy atom. The van der Waals surface area contributed by atoms with Crippen molar-refractivity contribution < 1.29 is 9.05 Å². The fraction of sp³-hybridized carbons (Fsp3) is 0.412. The summed E-state index contributed by atoms with van der Waals surface area (Å²) in [6.07, 6.45) is 5.18. The second kappa shape index (κ2) is 4.98. The van der Waals surface area contributed by atoms with Gasteiger partial charge in [-0.2, -0.15) is 9.97 Å². The van der Waals surface area contributed by atoms with E-state index >= 15 is 0 Å². The molecule has 0 aliphatic heterocycles. The molecule has 0 saturated heterocycles. The molecule has 7 nitrogen and oxygen atoms in total. The van der Waals surface area contributed by atoms with E-state index in [2.05, 4.69) is 20.3 Å². The van der Waals surface area contributed by atoms with Crippen molar-refractivity contribution >= 4 is 0 Å². The van der Waals surface area contributed by atoms with Gasteiger partial charge in [0, 0.05) is 17.0 Å². The molecular formula is C17H17N5O2. The van der Waals surface area contributed by atoms with Crippen LogP contribution in [0.5, 0.6) is 0 Å². The number of benzene rings is 1. The first-order valence-corrected chi connectivity index (χ1v) is 8.29. The maximum atomic E-state index is 6.26. The maximum absolute atomic E-state index is 6.26. The zero-order valence-electron chi connectivity index (χ0n) is 13.1. The zero-order chi connectivity index (χ0) is 16.1. The SMILES string of the molecule is NC1(c2noc(-c3cccc(-c4noc(C5CC5)n4)c3)n2)CCC1. The molecule has 122 valence electrons. The molecule has 0 bridgehead atoms. The molecule has 0 amide bonds. The van der Waals surface area contributed by atoms with Crippen LogP contribution in [-0.4, -0.2) is 20.3 Å². The Morgan fingerprint density at radius 2 is 1.88 bits per heavy atom. The minimum atomic E-state index is -0.424. The number of hydrogen-bond acceptors (Lipinski definition) is 7. The number of nitrogens with two attached hydrogens (primary N) is 1. The Bertz CT molecular complexity index is 892. The van der Waals surface area contributed by atoms with E-state index in [1.165, 1.54) is 0 Å². The van der Waals surface area contributed by atoms with Crippen molar-refractivity contribution in [2.24, 2.45) is 5.73 Å². The lowest BCUT2D eigenvalue weighted by Gasteiger charge is -2.34. The van der Waals surface area contributed by atoms with Gasteiger partial charge < -0.3 is 14.8 Å². The lowest BCUT2D eigenvalue weighted by Crippen LogP contribution is -2.44. The first kappa shape index (κ1) is 13.9. The van der Waals surface area contributed by atoms with Crippen molar-refractivity contribution in [2.75, 3.05) is 0 Å². The van der Waals surface area contributed by atoms with Gasteiger partial charge in [-0.15, -0.1) is 0 Å². The lowest BCUT2D eigenvalue weighted by atomic mass is 9.77. The smallest absolute Gasteiger partial charge is 0.258 e. The first-order valence-electron chi connectivity index (χ1n) is 8.29. The molecule has 5 rings (SSSR count). The predicted octanol–water partition coefficient (Wildman–Crippen LogP) is 3.00. The van der Waals surface area contributed by atoms with Gasteiger partial charge in [-0.25, -0.2) is 0 Å². The van der Waals surface area contributed by atoms with E-state index in [4.69, 9.17) is 14.8 Å². The second-order valence-corrected chi connectivity index (χ2v) is 6.74. The minimum absolute atomic E-state index is 0.424. The van der Waals surface area contributed by atoms with Crippen molar-refractivity contribution in [1.29, 1.82) is 0 Å². The molecule has 0 radical (unpaired) electrons. The highest BCUT2D eigenvalue weighted by atomic mass is 16.5. The van der Waals surface area contributed by atoms with E-state index in [0.29, 0.717) is 23.5 Å². The molecule has 7 heteroatoms. The first-order chi connectivity index (χ1) is 11.7. The van der Waals surface area contributed by atoms with Crippen LogP contribution in [-0.2, 0) is 5.54 Å². The Kier molecular flexibility index (Phi) is 2.87. The van der Waals surface area contributed by atoms with Crippen LogP contribution in [0.2, 0.25) is 0 Å². The highest BCUT2D eigenvalue weighted by molar-refractivity contribution is 5.64. The van der Waals surface area contributed by atoms with Crippen LogP contribution in [0.25, 0.3) is 22.8 Å². The molecule has 24 heavy (non-hydrogen) atoms. The van der Waals surface area contributed by atoms with Crippen molar-refractivity contribution in [3.05, 3.63) is 36.0 Å². The predicted molar refractivity (Wildman–Crippen MR) is 84.7 cm³/mol. The Hall–Kier alpha value is -2.54. The van der Waals surface area contributed by atoms with E-state index in [1.807, 2.05) is 24.3 Å². The van der Waals surface area contributed by atoms with Crippen LogP contribution in [0.3, 0.4) is 0 Å². The molecule has 2 aliphatic carbocycles. The normalized spacial score (nSPS) is 19.2. The third-order valence-corrected chi connectivity index (χ3v) is 4.85. The van der Waals surface area contributed by atoms with Crippen LogP contribution in [0.4, 0.5) is 0 Å². The Labute approximate surface area is 138 Å². The second-order valence-electron chi connectivity index (χ2n) is 6.74. The van der Waals surface area contributed by atoms with Gasteiger partial charge in [0.1, 0.15) is 0 Å². The molecule has 2 N–H and O–H groups in total. The van der Waals surface area contributed by atoms with Gasteiger partial charge in [-0.3, -0.25) is 0 Å². The van der Waals surface area contributed by atoms with Crippen LogP contribution in [0.1, 0.15) is 49.7 Å². The van der Waals surface area contributed by atoms with Gasteiger partial charge in [-0.05, 0) is 44.2 Å². The van der Waals surface area contributed by atoms with Gasteiger partial charge in [-0.1, -0.05) is 22.4 Å². The minimum Gasteiger partial charge on any atom is -0.339 e. The third kappa shape index (κ3) is 2.24. The largest absolute Gasteiger partial charge is 0.339 e. The van der Waals surface area contributed by atoms with Crippen molar-refractivity contribution in [2.45, 2.75) is 43.6 Å². The van der Waals surface area contributed by atoms with Crippen molar-refractivity contribution in [3.63, 3.8) is 0 Å². The average molecular weight is 323 g/mol. The summed E-state index contributed by atoms with van der Waals surface area (Å²) >= 11 is 0. The topological polar surface area (TPSA) is 104 Å². The van der Waals surface area contributed by atoms with E-state index < -0.39 is 5.54 Å². The van der Waals surface area contributed by atoms with Gasteiger partial charge in [0.25, 0.3) is 5.89 Å². The van der Waals surface area contributed by atoms with Gasteiger partial charge in [0.2, 0.25) is 11.7 Å². The molecule has 1 aromatic carbocycles. The Morgan fingerprint density at radius 3 is 2.62 bits per heavy atom. The molecule has 0 spiro atoms. The van der Waals surface area contributed by atoms with E-state index in [1.54, 1.807) is 0 Å². The quantitative estimate of drug-likeness (QED) is 0.787. The van der Waals surface area contributed by atoms with E-state index in [-0.39, 0.29) is 0 Å². The molecule has 0 atom stereocenters. The molecular weight excluding hydrogens is 306 g/mol. The van der Waals surface area contributed by atoms with Crippen LogP contribution >= 0.6 is 0 Å². The van der Waals surface area contributed by atoms with Crippen molar-refractivity contribution in [1.82, 2.24) is 20.3 Å². The summed E-state index contributed by atoms with van der Waals surface area (Å²) in [6, 6.07) is 7.72. The summed E-state index contributed by atoms with van der Waals surface area (Å²) in [5.41, 5.74) is 7.53. The molecule has 2 heterocycles. The molecule has 2 aromatic heterocycles. The van der Waals surface area contributed by atoms with Crippen LogP contribution in [0, 0.1) is 0 Å². The fourth-order valence-corrected chi connectivity index (χ4v) is 2.96.